The number of aromatic nitrogens is 2. The summed E-state index contributed by atoms with van der Waals surface area (Å²) in [5, 5.41) is 6.09. The van der Waals surface area contributed by atoms with Gasteiger partial charge in [-0.15, -0.1) is 0 Å². The average molecular weight is 413 g/mol. The number of nitrogens with zero attached hydrogens (tertiary/aromatic N) is 2. The molecule has 146 valence electrons. The molecule has 30 heavy (non-hydrogen) atoms. The predicted molar refractivity (Wildman–Crippen MR) is 118 cm³/mol. The molecule has 6 nitrogen and oxygen atoms in total. The summed E-state index contributed by atoms with van der Waals surface area (Å²) in [6.45, 7) is 0.717. The van der Waals surface area contributed by atoms with E-state index in [0.29, 0.717) is 24.1 Å². The zero-order valence-corrected chi connectivity index (χ0v) is 16.6. The molecule has 1 unspecified atom stereocenters. The van der Waals surface area contributed by atoms with Crippen LogP contribution >= 0.6 is 12.9 Å². The molecule has 3 aromatic carbocycles. The lowest BCUT2D eigenvalue weighted by Gasteiger charge is -2.17. The Hall–Kier alpha value is -3.29. The van der Waals surface area contributed by atoms with Crippen molar-refractivity contribution >= 4 is 68.3 Å². The molecule has 0 spiro atoms. The van der Waals surface area contributed by atoms with Gasteiger partial charge in [-0.2, -0.15) is 0 Å². The van der Waals surface area contributed by atoms with Gasteiger partial charge in [-0.1, -0.05) is 36.4 Å². The summed E-state index contributed by atoms with van der Waals surface area (Å²) in [6.07, 6.45) is 0.417. The maximum absolute atomic E-state index is 13.0. The topological polar surface area (TPSA) is 65.3 Å². The highest BCUT2D eigenvalue weighted by atomic mass is 32.1. The Labute approximate surface area is 175 Å². The standard InChI is InChI=1S/C23H15N3O3S/c27-22-18-16-11-5-1-3-7-13(11)25-10-9-15(29-30)26-14-8-4-2-6-12(14)17(21(26)20(16)25)19(18)23(28)24-22/h1-8,15,30H,9-10H2,(H,24,27,28). The van der Waals surface area contributed by atoms with E-state index in [-0.39, 0.29) is 18.0 Å². The number of amides is 2. The number of hydrogen-bond donors (Lipinski definition) is 2. The number of hydrogen-bond acceptors (Lipinski definition) is 4. The summed E-state index contributed by atoms with van der Waals surface area (Å²) >= 11 is 4.18. The van der Waals surface area contributed by atoms with Gasteiger partial charge in [-0.25, -0.2) is 0 Å². The summed E-state index contributed by atoms with van der Waals surface area (Å²) in [5.41, 5.74) is 4.84. The van der Waals surface area contributed by atoms with Crippen molar-refractivity contribution in [3.63, 3.8) is 0 Å². The lowest BCUT2D eigenvalue weighted by atomic mass is 9.96. The zero-order chi connectivity index (χ0) is 20.1. The van der Waals surface area contributed by atoms with Gasteiger partial charge in [0.25, 0.3) is 11.8 Å². The van der Waals surface area contributed by atoms with Gasteiger partial charge in [0, 0.05) is 40.0 Å². The van der Waals surface area contributed by atoms with E-state index in [9.17, 15) is 9.59 Å². The molecule has 4 heterocycles. The van der Waals surface area contributed by atoms with Crippen molar-refractivity contribution in [1.82, 2.24) is 14.5 Å². The summed E-state index contributed by atoms with van der Waals surface area (Å²) in [5.74, 6) is -0.674. The molecule has 0 aliphatic carbocycles. The lowest BCUT2D eigenvalue weighted by molar-refractivity contribution is 0.0880. The lowest BCUT2D eigenvalue weighted by Crippen LogP contribution is -2.20. The first-order valence-corrected chi connectivity index (χ1v) is 10.2. The number of thiol groups is 1. The molecule has 0 bridgehead atoms. The molecule has 0 saturated carbocycles. The molecule has 0 fully saturated rings. The Morgan fingerprint density at radius 2 is 1.47 bits per heavy atom. The van der Waals surface area contributed by atoms with Gasteiger partial charge in [0.1, 0.15) is 6.23 Å². The average Bonchev–Trinajstić information content (AvgIpc) is 3.32. The van der Waals surface area contributed by atoms with E-state index < -0.39 is 0 Å². The highest BCUT2D eigenvalue weighted by molar-refractivity contribution is 7.75. The molecule has 7 rings (SSSR count). The van der Waals surface area contributed by atoms with Gasteiger partial charge in [0.15, 0.2) is 0 Å². The quantitative estimate of drug-likeness (QED) is 0.241. The van der Waals surface area contributed by atoms with Crippen LogP contribution < -0.4 is 5.32 Å². The summed E-state index contributed by atoms with van der Waals surface area (Å²) in [4.78, 5) is 26.0. The van der Waals surface area contributed by atoms with E-state index in [1.54, 1.807) is 0 Å². The first kappa shape index (κ1) is 16.5. The molecule has 7 heteroatoms. The van der Waals surface area contributed by atoms with E-state index >= 15 is 0 Å². The largest absolute Gasteiger partial charge is 0.339 e. The third-order valence-corrected chi connectivity index (χ3v) is 6.79. The van der Waals surface area contributed by atoms with Gasteiger partial charge in [-0.05, 0) is 25.0 Å². The van der Waals surface area contributed by atoms with Crippen LogP contribution in [0.4, 0.5) is 0 Å². The number of imide groups is 1. The van der Waals surface area contributed by atoms with E-state index in [0.717, 1.165) is 43.6 Å². The van der Waals surface area contributed by atoms with Crippen LogP contribution in [0.2, 0.25) is 0 Å². The third kappa shape index (κ3) is 1.73. The molecular formula is C23H15N3O3S. The predicted octanol–water partition coefficient (Wildman–Crippen LogP) is 4.55. The van der Waals surface area contributed by atoms with Crippen molar-refractivity contribution in [2.75, 3.05) is 0 Å². The van der Waals surface area contributed by atoms with E-state index in [2.05, 4.69) is 33.4 Å². The van der Waals surface area contributed by atoms with Crippen LogP contribution in [-0.2, 0) is 10.7 Å². The van der Waals surface area contributed by atoms with Crippen LogP contribution in [0.5, 0.6) is 0 Å². The maximum Gasteiger partial charge on any atom is 0.259 e. The van der Waals surface area contributed by atoms with Gasteiger partial charge < -0.3 is 9.13 Å². The minimum atomic E-state index is -0.343. The number of carbonyl (C=O) groups excluding carboxylic acids is 2. The number of aryl methyl sites for hydroxylation is 1. The minimum Gasteiger partial charge on any atom is -0.339 e. The van der Waals surface area contributed by atoms with Crippen molar-refractivity contribution < 1.29 is 13.8 Å². The van der Waals surface area contributed by atoms with Gasteiger partial charge >= 0.3 is 0 Å². The molecule has 0 saturated heterocycles. The summed E-state index contributed by atoms with van der Waals surface area (Å²) < 4.78 is 10.0. The number of nitrogens with one attached hydrogen (secondary N) is 1. The van der Waals surface area contributed by atoms with Crippen LogP contribution in [0.3, 0.4) is 0 Å². The summed E-state index contributed by atoms with van der Waals surface area (Å²) in [6, 6.07) is 16.0. The molecule has 1 atom stereocenters. The Morgan fingerprint density at radius 3 is 2.17 bits per heavy atom. The Morgan fingerprint density at radius 1 is 0.867 bits per heavy atom. The minimum absolute atomic E-state index is 0.296. The van der Waals surface area contributed by atoms with E-state index in [4.69, 9.17) is 4.18 Å². The number of rotatable bonds is 1. The van der Waals surface area contributed by atoms with Crippen molar-refractivity contribution in [3.8, 4) is 0 Å². The maximum atomic E-state index is 13.0. The second kappa shape index (κ2) is 5.44. The van der Waals surface area contributed by atoms with Crippen molar-refractivity contribution in [2.24, 2.45) is 0 Å². The fourth-order valence-electron chi connectivity index (χ4n) is 5.48. The Bertz CT molecular complexity index is 1610. The van der Waals surface area contributed by atoms with Gasteiger partial charge in [0.05, 0.1) is 27.7 Å². The van der Waals surface area contributed by atoms with Gasteiger partial charge in [-0.3, -0.25) is 19.1 Å². The van der Waals surface area contributed by atoms with Crippen molar-refractivity contribution in [3.05, 3.63) is 59.7 Å². The van der Waals surface area contributed by atoms with Gasteiger partial charge in [0.2, 0.25) is 0 Å². The number of fused-ring (bicyclic) bond motifs is 9. The molecule has 1 N–H and O–H groups in total. The SMILES string of the molecule is O=C1NC(=O)c2c1c1c3ccccc3n3c1c1c2c2ccccc2n1C(OS)CC3. The molecule has 2 aliphatic rings. The fourth-order valence-corrected chi connectivity index (χ4v) is 5.68. The van der Waals surface area contributed by atoms with Crippen LogP contribution in [0.15, 0.2) is 48.5 Å². The Balaban J connectivity index is 1.92. The molecular weight excluding hydrogens is 398 g/mol. The second-order valence-corrected chi connectivity index (χ2v) is 8.10. The Kier molecular flexibility index (Phi) is 2.99. The van der Waals surface area contributed by atoms with Crippen LogP contribution in [0.1, 0.15) is 33.4 Å². The highest BCUT2D eigenvalue weighted by Crippen LogP contribution is 2.47. The molecule has 2 aromatic heterocycles. The third-order valence-electron chi connectivity index (χ3n) is 6.55. The molecule has 2 amide bonds. The number of benzene rings is 3. The van der Waals surface area contributed by atoms with Crippen LogP contribution in [-0.4, -0.2) is 20.9 Å². The van der Waals surface area contributed by atoms with Crippen molar-refractivity contribution in [1.29, 1.82) is 0 Å². The molecule has 5 aromatic rings. The van der Waals surface area contributed by atoms with Crippen LogP contribution in [0, 0.1) is 0 Å². The first-order valence-electron chi connectivity index (χ1n) is 9.86. The molecule has 2 aliphatic heterocycles. The molecule has 0 radical (unpaired) electrons. The van der Waals surface area contributed by atoms with E-state index in [1.165, 1.54) is 0 Å². The highest BCUT2D eigenvalue weighted by Gasteiger charge is 2.38. The normalized spacial score (nSPS) is 18.1. The van der Waals surface area contributed by atoms with Crippen molar-refractivity contribution in [2.45, 2.75) is 19.2 Å². The first-order chi connectivity index (χ1) is 14.7. The summed E-state index contributed by atoms with van der Waals surface area (Å²) in [7, 11) is 0. The number of para-hydroxylation sites is 2. The zero-order valence-electron chi connectivity index (χ0n) is 15.7. The fraction of sp³-hybridized carbons (Fsp3) is 0.130. The smallest absolute Gasteiger partial charge is 0.259 e. The van der Waals surface area contributed by atoms with Crippen LogP contribution in [0.25, 0.3) is 43.6 Å². The van der Waals surface area contributed by atoms with E-state index in [1.807, 2.05) is 42.5 Å². The monoisotopic (exact) mass is 413 g/mol. The number of carbonyl (C=O) groups is 2. The second-order valence-electron chi connectivity index (χ2n) is 7.89.